The summed E-state index contributed by atoms with van der Waals surface area (Å²) in [5.74, 6) is -1.69. The molecular weight excluding hydrogens is 289 g/mol. The Morgan fingerprint density at radius 2 is 1.86 bits per heavy atom. The van der Waals surface area contributed by atoms with Gasteiger partial charge in [0.2, 0.25) is 11.8 Å². The van der Waals surface area contributed by atoms with Gasteiger partial charge in [-0.2, -0.15) is 0 Å². The molecule has 0 aliphatic carbocycles. The number of benzene rings is 1. The molecule has 1 fully saturated rings. The number of hydrogen-bond acceptors (Lipinski definition) is 3. The van der Waals surface area contributed by atoms with E-state index in [-0.39, 0.29) is 23.3 Å². The molecule has 0 radical (unpaired) electrons. The fourth-order valence-electron chi connectivity index (χ4n) is 2.37. The monoisotopic (exact) mass is 307 g/mol. The Morgan fingerprint density at radius 3 is 2.50 bits per heavy atom. The van der Waals surface area contributed by atoms with Crippen molar-refractivity contribution < 1.29 is 18.8 Å². The number of hydrogen-bond donors (Lipinski definition) is 2. The summed E-state index contributed by atoms with van der Waals surface area (Å²) in [5, 5.41) is 0. The maximum atomic E-state index is 12.8. The summed E-state index contributed by atoms with van der Waals surface area (Å²) in [7, 11) is 0. The SMILES string of the molecule is CC(=O)N1CCC[C@H](C(=O)NNC(=O)c2ccc(F)cc2)C1. The molecule has 1 atom stereocenters. The Hall–Kier alpha value is -2.44. The minimum Gasteiger partial charge on any atom is -0.342 e. The lowest BCUT2D eigenvalue weighted by molar-refractivity contribution is -0.134. The molecule has 1 saturated heterocycles. The summed E-state index contributed by atoms with van der Waals surface area (Å²) in [4.78, 5) is 36.8. The van der Waals surface area contributed by atoms with Gasteiger partial charge in [-0.3, -0.25) is 25.2 Å². The second kappa shape index (κ2) is 7.02. The predicted molar refractivity (Wildman–Crippen MR) is 77.0 cm³/mol. The molecule has 0 bridgehead atoms. The standard InChI is InChI=1S/C15H18FN3O3/c1-10(20)19-8-2-3-12(9-19)15(22)18-17-14(21)11-4-6-13(16)7-5-11/h4-7,12H,2-3,8-9H2,1H3,(H,17,21)(H,18,22)/t12-/m0/s1. The van der Waals surface area contributed by atoms with E-state index in [1.165, 1.54) is 31.2 Å². The third-order valence-electron chi connectivity index (χ3n) is 3.64. The van der Waals surface area contributed by atoms with Gasteiger partial charge in [-0.25, -0.2) is 4.39 Å². The summed E-state index contributed by atoms with van der Waals surface area (Å²) in [6.45, 7) is 2.48. The zero-order valence-corrected chi connectivity index (χ0v) is 12.3. The highest BCUT2D eigenvalue weighted by Gasteiger charge is 2.27. The molecule has 0 aromatic heterocycles. The number of rotatable bonds is 2. The minimum atomic E-state index is -0.521. The van der Waals surface area contributed by atoms with E-state index >= 15 is 0 Å². The van der Waals surface area contributed by atoms with Crippen LogP contribution in [0.4, 0.5) is 4.39 Å². The Balaban J connectivity index is 1.85. The summed E-state index contributed by atoms with van der Waals surface area (Å²) >= 11 is 0. The van der Waals surface area contributed by atoms with Crippen molar-refractivity contribution in [2.75, 3.05) is 13.1 Å². The van der Waals surface area contributed by atoms with Crippen molar-refractivity contribution in [3.8, 4) is 0 Å². The number of nitrogens with one attached hydrogen (secondary N) is 2. The van der Waals surface area contributed by atoms with Gasteiger partial charge < -0.3 is 4.90 Å². The minimum absolute atomic E-state index is 0.0622. The average Bonchev–Trinajstić information content (AvgIpc) is 2.53. The molecule has 0 saturated carbocycles. The zero-order valence-electron chi connectivity index (χ0n) is 12.3. The fraction of sp³-hybridized carbons (Fsp3) is 0.400. The average molecular weight is 307 g/mol. The molecule has 2 rings (SSSR count). The second-order valence-electron chi connectivity index (χ2n) is 5.25. The third kappa shape index (κ3) is 4.03. The second-order valence-corrected chi connectivity index (χ2v) is 5.25. The van der Waals surface area contributed by atoms with Gasteiger partial charge in [0.15, 0.2) is 0 Å². The van der Waals surface area contributed by atoms with Crippen molar-refractivity contribution in [1.29, 1.82) is 0 Å². The van der Waals surface area contributed by atoms with Crippen LogP contribution in [0, 0.1) is 11.7 Å². The van der Waals surface area contributed by atoms with Crippen molar-refractivity contribution >= 4 is 17.7 Å². The number of piperidine rings is 1. The first-order chi connectivity index (χ1) is 10.5. The number of nitrogens with zero attached hydrogens (tertiary/aromatic N) is 1. The van der Waals surface area contributed by atoms with Gasteiger partial charge in [-0.05, 0) is 37.1 Å². The van der Waals surface area contributed by atoms with E-state index < -0.39 is 11.7 Å². The lowest BCUT2D eigenvalue weighted by Crippen LogP contribution is -2.49. The molecule has 1 aromatic rings. The Labute approximate surface area is 127 Å². The van der Waals surface area contributed by atoms with Gasteiger partial charge in [-0.15, -0.1) is 0 Å². The fourth-order valence-corrected chi connectivity index (χ4v) is 2.37. The van der Waals surface area contributed by atoms with Crippen LogP contribution in [0.15, 0.2) is 24.3 Å². The molecule has 1 heterocycles. The Morgan fingerprint density at radius 1 is 1.18 bits per heavy atom. The van der Waals surface area contributed by atoms with Crippen molar-refractivity contribution in [2.45, 2.75) is 19.8 Å². The molecule has 7 heteroatoms. The van der Waals surface area contributed by atoms with E-state index in [9.17, 15) is 18.8 Å². The van der Waals surface area contributed by atoms with Gasteiger partial charge >= 0.3 is 0 Å². The molecule has 22 heavy (non-hydrogen) atoms. The molecule has 0 spiro atoms. The third-order valence-corrected chi connectivity index (χ3v) is 3.64. The van der Waals surface area contributed by atoms with Crippen LogP contribution in [0.1, 0.15) is 30.1 Å². The summed E-state index contributed by atoms with van der Waals surface area (Å²) in [6, 6.07) is 5.00. The van der Waals surface area contributed by atoms with Crippen LogP contribution >= 0.6 is 0 Å². The largest absolute Gasteiger partial charge is 0.342 e. The van der Waals surface area contributed by atoms with E-state index in [0.717, 1.165) is 6.42 Å². The van der Waals surface area contributed by atoms with Crippen molar-refractivity contribution in [2.24, 2.45) is 5.92 Å². The van der Waals surface area contributed by atoms with Crippen LogP contribution in [0.3, 0.4) is 0 Å². The van der Waals surface area contributed by atoms with Gasteiger partial charge in [0.1, 0.15) is 5.82 Å². The summed E-state index contributed by atoms with van der Waals surface area (Å²) in [5.41, 5.74) is 4.90. The number of carbonyl (C=O) groups is 3. The molecular formula is C15H18FN3O3. The maximum Gasteiger partial charge on any atom is 0.269 e. The van der Waals surface area contributed by atoms with Crippen LogP contribution < -0.4 is 10.9 Å². The van der Waals surface area contributed by atoms with Crippen LogP contribution in [0.2, 0.25) is 0 Å². The Kier molecular flexibility index (Phi) is 5.08. The van der Waals surface area contributed by atoms with E-state index in [1.54, 1.807) is 4.90 Å². The smallest absolute Gasteiger partial charge is 0.269 e. The van der Waals surface area contributed by atoms with Crippen LogP contribution in [-0.2, 0) is 9.59 Å². The van der Waals surface area contributed by atoms with Crippen LogP contribution in [0.25, 0.3) is 0 Å². The Bertz CT molecular complexity index is 574. The van der Waals surface area contributed by atoms with E-state index in [0.29, 0.717) is 19.5 Å². The highest BCUT2D eigenvalue weighted by atomic mass is 19.1. The van der Waals surface area contributed by atoms with Crippen LogP contribution in [0.5, 0.6) is 0 Å². The highest BCUT2D eigenvalue weighted by molar-refractivity contribution is 5.95. The van der Waals surface area contributed by atoms with Gasteiger partial charge in [0.05, 0.1) is 5.92 Å². The summed E-state index contributed by atoms with van der Waals surface area (Å²) < 4.78 is 12.8. The topological polar surface area (TPSA) is 78.5 Å². The molecule has 2 N–H and O–H groups in total. The molecule has 3 amide bonds. The summed E-state index contributed by atoms with van der Waals surface area (Å²) in [6.07, 6.45) is 1.42. The van der Waals surface area contributed by atoms with Gasteiger partial charge in [-0.1, -0.05) is 0 Å². The molecule has 1 aromatic carbocycles. The molecule has 1 aliphatic heterocycles. The van der Waals surface area contributed by atoms with Crippen LogP contribution in [-0.4, -0.2) is 35.7 Å². The van der Waals surface area contributed by atoms with Gasteiger partial charge in [0, 0.05) is 25.6 Å². The van der Waals surface area contributed by atoms with E-state index in [1.807, 2.05) is 0 Å². The van der Waals surface area contributed by atoms with Gasteiger partial charge in [0.25, 0.3) is 5.91 Å². The number of amides is 3. The maximum absolute atomic E-state index is 12.8. The lowest BCUT2D eigenvalue weighted by atomic mass is 9.97. The predicted octanol–water partition coefficient (Wildman–Crippen LogP) is 0.845. The number of likely N-dealkylation sites (tertiary alicyclic amines) is 1. The number of halogens is 1. The first-order valence-corrected chi connectivity index (χ1v) is 7.08. The van der Waals surface area contributed by atoms with Crippen molar-refractivity contribution in [3.05, 3.63) is 35.6 Å². The first-order valence-electron chi connectivity index (χ1n) is 7.08. The first kappa shape index (κ1) is 15.9. The lowest BCUT2D eigenvalue weighted by Gasteiger charge is -2.31. The zero-order chi connectivity index (χ0) is 16.1. The highest BCUT2D eigenvalue weighted by Crippen LogP contribution is 2.16. The quantitative estimate of drug-likeness (QED) is 0.795. The number of hydrazine groups is 1. The van der Waals surface area contributed by atoms with Crippen molar-refractivity contribution in [1.82, 2.24) is 15.8 Å². The van der Waals surface area contributed by atoms with E-state index in [4.69, 9.17) is 0 Å². The molecule has 118 valence electrons. The number of carbonyl (C=O) groups excluding carboxylic acids is 3. The normalized spacial score (nSPS) is 17.7. The van der Waals surface area contributed by atoms with Crippen molar-refractivity contribution in [3.63, 3.8) is 0 Å². The molecule has 1 aliphatic rings. The molecule has 0 unspecified atom stereocenters. The molecule has 6 nitrogen and oxygen atoms in total. The van der Waals surface area contributed by atoms with E-state index in [2.05, 4.69) is 10.9 Å².